The average molecular weight is 474 g/mol. The zero-order valence-electron chi connectivity index (χ0n) is 19.0. The van der Waals surface area contributed by atoms with Gasteiger partial charge >= 0.3 is 5.97 Å². The lowest BCUT2D eigenvalue weighted by molar-refractivity contribution is -0.139. The first-order chi connectivity index (χ1) is 16.5. The van der Waals surface area contributed by atoms with Crippen molar-refractivity contribution in [1.29, 1.82) is 0 Å². The summed E-state index contributed by atoms with van der Waals surface area (Å²) in [6, 6.07) is 14.6. The molecule has 2 aromatic carbocycles. The molecular weight excluding hydrogens is 450 g/mol. The molecule has 1 atom stereocenters. The number of aromatic amines is 1. The Labute approximate surface area is 199 Å². The van der Waals surface area contributed by atoms with Gasteiger partial charge in [0.1, 0.15) is 11.8 Å². The number of aromatic nitrogens is 2. The lowest BCUT2D eigenvalue weighted by atomic mass is 9.95. The fraction of sp³-hybridized carbons (Fsp3) is 0.192. The van der Waals surface area contributed by atoms with Gasteiger partial charge in [0.05, 0.1) is 29.5 Å². The number of carbonyl (C=O) groups is 1. The molecule has 4 aromatic rings. The Balaban J connectivity index is 1.77. The molecule has 0 spiro atoms. The van der Waals surface area contributed by atoms with Crippen LogP contribution in [0.5, 0.6) is 5.75 Å². The van der Waals surface area contributed by atoms with Crippen LogP contribution in [0.25, 0.3) is 17.0 Å². The monoisotopic (exact) mass is 473 g/mol. The van der Waals surface area contributed by atoms with E-state index in [1.54, 1.807) is 25.5 Å². The maximum absolute atomic E-state index is 13.7. The minimum absolute atomic E-state index is 0.221. The van der Waals surface area contributed by atoms with Crippen LogP contribution in [0.4, 0.5) is 0 Å². The first kappa shape index (κ1) is 21.9. The normalized spacial score (nSPS) is 15.9. The number of H-pyrrole nitrogens is 1. The Kier molecular flexibility index (Phi) is 5.67. The first-order valence-electron chi connectivity index (χ1n) is 10.9. The zero-order chi connectivity index (χ0) is 23.8. The predicted molar refractivity (Wildman–Crippen MR) is 132 cm³/mol. The second-order valence-electron chi connectivity index (χ2n) is 7.83. The number of ether oxygens (including phenoxy) is 2. The van der Waals surface area contributed by atoms with Crippen LogP contribution in [0.15, 0.2) is 75.8 Å². The Morgan fingerprint density at radius 3 is 2.76 bits per heavy atom. The smallest absolute Gasteiger partial charge is 0.338 e. The van der Waals surface area contributed by atoms with Gasteiger partial charge in [0.2, 0.25) is 0 Å². The lowest BCUT2D eigenvalue weighted by Crippen LogP contribution is -2.40. The van der Waals surface area contributed by atoms with Crippen molar-refractivity contribution in [3.8, 4) is 5.75 Å². The van der Waals surface area contributed by atoms with Gasteiger partial charge in [0.25, 0.3) is 5.56 Å². The number of para-hydroxylation sites is 2. The van der Waals surface area contributed by atoms with Crippen LogP contribution >= 0.6 is 11.3 Å². The van der Waals surface area contributed by atoms with Crippen molar-refractivity contribution in [3.63, 3.8) is 0 Å². The van der Waals surface area contributed by atoms with Crippen LogP contribution in [0, 0.1) is 0 Å². The largest absolute Gasteiger partial charge is 0.496 e. The fourth-order valence-electron chi connectivity index (χ4n) is 4.33. The molecule has 0 saturated heterocycles. The Hall–Kier alpha value is -3.91. The molecule has 0 radical (unpaired) electrons. The molecule has 1 aliphatic heterocycles. The first-order valence-corrected chi connectivity index (χ1v) is 11.7. The second-order valence-corrected chi connectivity index (χ2v) is 8.84. The van der Waals surface area contributed by atoms with E-state index in [0.29, 0.717) is 31.9 Å². The Morgan fingerprint density at radius 1 is 1.21 bits per heavy atom. The number of fused-ring (bicyclic) bond motifs is 2. The summed E-state index contributed by atoms with van der Waals surface area (Å²) in [5.41, 5.74) is 3.23. The minimum Gasteiger partial charge on any atom is -0.496 e. The van der Waals surface area contributed by atoms with Crippen molar-refractivity contribution in [2.75, 3.05) is 13.7 Å². The SMILES string of the molecule is CCOC(=O)C1=C(C)N=c2s/c(=C\c3c[nH]c4ccccc34)c(=O)n2C1c1ccccc1OC. The highest BCUT2D eigenvalue weighted by atomic mass is 32.1. The summed E-state index contributed by atoms with van der Waals surface area (Å²) in [4.78, 5) is 35.2. The van der Waals surface area contributed by atoms with Crippen LogP contribution < -0.4 is 19.6 Å². The van der Waals surface area contributed by atoms with Crippen molar-refractivity contribution in [1.82, 2.24) is 9.55 Å². The van der Waals surface area contributed by atoms with Gasteiger partial charge in [-0.2, -0.15) is 0 Å². The molecule has 34 heavy (non-hydrogen) atoms. The second kappa shape index (κ2) is 8.79. The molecule has 3 heterocycles. The molecule has 0 aliphatic carbocycles. The van der Waals surface area contributed by atoms with Crippen LogP contribution in [-0.2, 0) is 9.53 Å². The number of carbonyl (C=O) groups excluding carboxylic acids is 1. The molecule has 1 N–H and O–H groups in total. The molecule has 0 bridgehead atoms. The molecule has 7 nitrogen and oxygen atoms in total. The number of thiazole rings is 1. The quantitative estimate of drug-likeness (QED) is 0.451. The van der Waals surface area contributed by atoms with Gasteiger partial charge < -0.3 is 14.5 Å². The molecule has 0 amide bonds. The molecule has 2 aromatic heterocycles. The molecule has 172 valence electrons. The van der Waals surface area contributed by atoms with E-state index in [1.807, 2.05) is 60.8 Å². The van der Waals surface area contributed by atoms with E-state index in [4.69, 9.17) is 9.47 Å². The number of benzene rings is 2. The molecule has 0 saturated carbocycles. The molecule has 1 unspecified atom stereocenters. The van der Waals surface area contributed by atoms with Gasteiger partial charge in [-0.25, -0.2) is 9.79 Å². The van der Waals surface area contributed by atoms with Crippen LogP contribution in [0.1, 0.15) is 31.0 Å². The lowest BCUT2D eigenvalue weighted by Gasteiger charge is -2.25. The number of nitrogens with one attached hydrogen (secondary N) is 1. The topological polar surface area (TPSA) is 85.7 Å². The average Bonchev–Trinajstić information content (AvgIpc) is 3.39. The van der Waals surface area contributed by atoms with E-state index < -0.39 is 12.0 Å². The van der Waals surface area contributed by atoms with E-state index >= 15 is 0 Å². The van der Waals surface area contributed by atoms with Crippen LogP contribution in [0.2, 0.25) is 0 Å². The number of methoxy groups -OCH3 is 1. The Morgan fingerprint density at radius 2 is 1.97 bits per heavy atom. The summed E-state index contributed by atoms with van der Waals surface area (Å²) in [5.74, 6) is 0.0840. The highest BCUT2D eigenvalue weighted by Crippen LogP contribution is 2.35. The van der Waals surface area contributed by atoms with Gasteiger partial charge in [-0.1, -0.05) is 47.7 Å². The van der Waals surface area contributed by atoms with Crippen LogP contribution in [0.3, 0.4) is 0 Å². The third kappa shape index (κ3) is 3.56. The van der Waals surface area contributed by atoms with Crippen molar-refractivity contribution in [3.05, 3.63) is 96.8 Å². The summed E-state index contributed by atoms with van der Waals surface area (Å²) in [7, 11) is 1.57. The number of nitrogens with zero attached hydrogens (tertiary/aromatic N) is 2. The van der Waals surface area contributed by atoms with E-state index in [-0.39, 0.29) is 12.2 Å². The van der Waals surface area contributed by atoms with E-state index in [0.717, 1.165) is 16.5 Å². The summed E-state index contributed by atoms with van der Waals surface area (Å²) in [5, 5.41) is 1.03. The third-order valence-electron chi connectivity index (χ3n) is 5.86. The molecule has 1 aliphatic rings. The zero-order valence-corrected chi connectivity index (χ0v) is 19.8. The Bertz CT molecular complexity index is 1620. The van der Waals surface area contributed by atoms with Crippen LogP contribution in [-0.4, -0.2) is 29.2 Å². The number of esters is 1. The van der Waals surface area contributed by atoms with E-state index in [2.05, 4.69) is 9.98 Å². The number of allylic oxidation sites excluding steroid dienone is 1. The van der Waals surface area contributed by atoms with Gasteiger partial charge in [0, 0.05) is 28.2 Å². The summed E-state index contributed by atoms with van der Waals surface area (Å²) >= 11 is 1.30. The minimum atomic E-state index is -0.712. The van der Waals surface area contributed by atoms with Crippen molar-refractivity contribution in [2.24, 2.45) is 4.99 Å². The summed E-state index contributed by atoms with van der Waals surface area (Å²) in [6.45, 7) is 3.74. The predicted octanol–water partition coefficient (Wildman–Crippen LogP) is 3.29. The van der Waals surface area contributed by atoms with Crippen molar-refractivity contribution >= 4 is 34.3 Å². The molecule has 5 rings (SSSR count). The van der Waals surface area contributed by atoms with Gasteiger partial charge in [-0.3, -0.25) is 9.36 Å². The molecule has 0 fully saturated rings. The van der Waals surface area contributed by atoms with Gasteiger partial charge in [0.15, 0.2) is 4.80 Å². The van der Waals surface area contributed by atoms with Crippen molar-refractivity contribution in [2.45, 2.75) is 19.9 Å². The maximum Gasteiger partial charge on any atom is 0.338 e. The molecular formula is C26H23N3O4S. The standard InChI is InChI=1S/C26H23N3O4S/c1-4-33-25(31)22-15(2)28-26-29(23(22)18-10-6-8-12-20(18)32-3)24(30)21(34-26)13-16-14-27-19-11-7-5-9-17(16)19/h5-14,23,27H,4H2,1-3H3/b21-13-. The fourth-order valence-corrected chi connectivity index (χ4v) is 5.37. The van der Waals surface area contributed by atoms with Crippen molar-refractivity contribution < 1.29 is 14.3 Å². The van der Waals surface area contributed by atoms with E-state index in [9.17, 15) is 9.59 Å². The number of hydrogen-bond acceptors (Lipinski definition) is 6. The molecule has 8 heteroatoms. The number of hydrogen-bond donors (Lipinski definition) is 1. The van der Waals surface area contributed by atoms with E-state index in [1.165, 1.54) is 11.3 Å². The highest BCUT2D eigenvalue weighted by Gasteiger charge is 2.34. The highest BCUT2D eigenvalue weighted by molar-refractivity contribution is 7.07. The third-order valence-corrected chi connectivity index (χ3v) is 6.84. The summed E-state index contributed by atoms with van der Waals surface area (Å²) in [6.07, 6.45) is 3.75. The van der Waals surface area contributed by atoms with Gasteiger partial charge in [-0.15, -0.1) is 0 Å². The maximum atomic E-state index is 13.7. The number of rotatable bonds is 5. The summed E-state index contributed by atoms with van der Waals surface area (Å²) < 4.78 is 13.0. The van der Waals surface area contributed by atoms with Gasteiger partial charge in [-0.05, 0) is 32.1 Å².